The van der Waals surface area contributed by atoms with Crippen LogP contribution in [0.15, 0.2) is 30.9 Å². The Bertz CT molecular complexity index is 432. The summed E-state index contributed by atoms with van der Waals surface area (Å²) < 4.78 is 4.98. The van der Waals surface area contributed by atoms with Crippen LogP contribution in [0.3, 0.4) is 0 Å². The molecule has 1 atom stereocenters. The van der Waals surface area contributed by atoms with E-state index in [4.69, 9.17) is 16.3 Å². The Balaban J connectivity index is 2.77. The van der Waals surface area contributed by atoms with Gasteiger partial charge in [0, 0.05) is 0 Å². The topological polar surface area (TPSA) is 38.3 Å². The van der Waals surface area contributed by atoms with Gasteiger partial charge in [-0.25, -0.2) is 4.79 Å². The van der Waals surface area contributed by atoms with Gasteiger partial charge in [0.1, 0.15) is 12.6 Å². The predicted molar refractivity (Wildman–Crippen MR) is 75.1 cm³/mol. The molecule has 0 bridgehead atoms. The van der Waals surface area contributed by atoms with Crippen LogP contribution in [0.1, 0.15) is 19.4 Å². The van der Waals surface area contributed by atoms with Gasteiger partial charge in [0.15, 0.2) is 0 Å². The van der Waals surface area contributed by atoms with Gasteiger partial charge in [-0.1, -0.05) is 43.3 Å². The zero-order valence-electron chi connectivity index (χ0n) is 10.7. The number of para-hydroxylation sites is 1. The minimum atomic E-state index is -0.449. The number of esters is 1. The lowest BCUT2D eigenvalue weighted by Gasteiger charge is -2.17. The number of rotatable bonds is 6. The first-order chi connectivity index (χ1) is 8.60. The van der Waals surface area contributed by atoms with Crippen LogP contribution in [-0.2, 0) is 16.0 Å². The molecule has 0 aromatic heterocycles. The molecule has 1 N–H and O–H groups in total. The summed E-state index contributed by atoms with van der Waals surface area (Å²) in [6, 6.07) is 5.23. The highest BCUT2D eigenvalue weighted by Crippen LogP contribution is 2.27. The molecular formula is C14H18ClNO2. The molecule has 0 aliphatic carbocycles. The second kappa shape index (κ2) is 7.07. The number of ether oxygens (including phenoxy) is 1. The van der Waals surface area contributed by atoms with E-state index in [1.165, 1.54) is 6.08 Å². The number of nitrogens with one attached hydrogen (secondary N) is 1. The maximum absolute atomic E-state index is 11.6. The lowest BCUT2D eigenvalue weighted by molar-refractivity contribution is -0.142. The Labute approximate surface area is 113 Å². The first-order valence-electron chi connectivity index (χ1n) is 5.91. The van der Waals surface area contributed by atoms with Crippen molar-refractivity contribution in [3.63, 3.8) is 0 Å². The summed E-state index contributed by atoms with van der Waals surface area (Å²) >= 11 is 6.13. The largest absolute Gasteiger partial charge is 0.460 e. The van der Waals surface area contributed by atoms with E-state index < -0.39 is 6.04 Å². The smallest absolute Gasteiger partial charge is 0.328 e. The molecular weight excluding hydrogens is 250 g/mol. The minimum absolute atomic E-state index is 0.216. The number of benzene rings is 1. The molecule has 98 valence electrons. The van der Waals surface area contributed by atoms with Gasteiger partial charge in [-0.3, -0.25) is 0 Å². The van der Waals surface area contributed by atoms with E-state index in [1.807, 2.05) is 19.1 Å². The van der Waals surface area contributed by atoms with Gasteiger partial charge in [0.2, 0.25) is 0 Å². The van der Waals surface area contributed by atoms with Crippen LogP contribution in [0.25, 0.3) is 0 Å². The van der Waals surface area contributed by atoms with Gasteiger partial charge in [-0.2, -0.15) is 0 Å². The molecule has 0 fully saturated rings. The van der Waals surface area contributed by atoms with Gasteiger partial charge < -0.3 is 10.1 Å². The second-order valence-electron chi connectivity index (χ2n) is 3.91. The van der Waals surface area contributed by atoms with Crippen molar-refractivity contribution in [3.8, 4) is 0 Å². The van der Waals surface area contributed by atoms with Crippen LogP contribution < -0.4 is 5.32 Å². The standard InChI is InChI=1S/C14H18ClNO2/c1-4-9-18-14(17)10(3)16-13-11(5-2)7-6-8-12(13)15/h4,6-8,10,16H,1,5,9H2,2-3H3. The molecule has 0 amide bonds. The molecule has 0 aliphatic heterocycles. The quantitative estimate of drug-likeness (QED) is 0.634. The number of carbonyl (C=O) groups excluding carboxylic acids is 1. The SMILES string of the molecule is C=CCOC(=O)C(C)Nc1c(Cl)cccc1CC. The van der Waals surface area contributed by atoms with Gasteiger partial charge >= 0.3 is 5.97 Å². The minimum Gasteiger partial charge on any atom is -0.460 e. The van der Waals surface area contributed by atoms with Gasteiger partial charge in [0.25, 0.3) is 0 Å². The Hall–Kier alpha value is -1.48. The fourth-order valence-electron chi connectivity index (χ4n) is 1.57. The molecule has 0 spiro atoms. The fourth-order valence-corrected chi connectivity index (χ4v) is 1.82. The molecule has 1 rings (SSSR count). The molecule has 3 nitrogen and oxygen atoms in total. The third-order valence-corrected chi connectivity index (χ3v) is 2.85. The molecule has 0 saturated carbocycles. The molecule has 0 saturated heterocycles. The Kier molecular flexibility index (Phi) is 5.72. The van der Waals surface area contributed by atoms with Gasteiger partial charge in [0.05, 0.1) is 10.7 Å². The van der Waals surface area contributed by atoms with Crippen molar-refractivity contribution in [1.82, 2.24) is 0 Å². The van der Waals surface area contributed by atoms with E-state index >= 15 is 0 Å². The van der Waals surface area contributed by atoms with Gasteiger partial charge in [-0.15, -0.1) is 0 Å². The maximum Gasteiger partial charge on any atom is 0.328 e. The maximum atomic E-state index is 11.6. The summed E-state index contributed by atoms with van der Waals surface area (Å²) in [5, 5.41) is 3.71. The van der Waals surface area contributed by atoms with Crippen LogP contribution in [0.5, 0.6) is 0 Å². The average Bonchev–Trinajstić information content (AvgIpc) is 2.38. The van der Waals surface area contributed by atoms with E-state index in [1.54, 1.807) is 13.0 Å². The van der Waals surface area contributed by atoms with Crippen molar-refractivity contribution in [1.29, 1.82) is 0 Å². The number of halogens is 1. The summed E-state index contributed by atoms with van der Waals surface area (Å²) in [6.07, 6.45) is 2.38. The fraction of sp³-hybridized carbons (Fsp3) is 0.357. The van der Waals surface area contributed by atoms with Crippen LogP contribution in [0.4, 0.5) is 5.69 Å². The Morgan fingerprint density at radius 3 is 2.94 bits per heavy atom. The first-order valence-corrected chi connectivity index (χ1v) is 6.29. The zero-order valence-corrected chi connectivity index (χ0v) is 11.5. The number of carbonyl (C=O) groups is 1. The lowest BCUT2D eigenvalue weighted by atomic mass is 10.1. The van der Waals surface area contributed by atoms with Crippen molar-refractivity contribution < 1.29 is 9.53 Å². The number of aryl methyl sites for hydroxylation is 1. The van der Waals surface area contributed by atoms with Crippen LogP contribution in [-0.4, -0.2) is 18.6 Å². The number of hydrogen-bond acceptors (Lipinski definition) is 3. The Morgan fingerprint density at radius 1 is 1.61 bits per heavy atom. The van der Waals surface area contributed by atoms with Crippen molar-refractivity contribution in [2.45, 2.75) is 26.3 Å². The summed E-state index contributed by atoms with van der Waals surface area (Å²) in [4.78, 5) is 11.6. The van der Waals surface area contributed by atoms with E-state index in [2.05, 4.69) is 11.9 Å². The molecule has 1 unspecified atom stereocenters. The summed E-state index contributed by atoms with van der Waals surface area (Å²) in [5.74, 6) is -0.322. The lowest BCUT2D eigenvalue weighted by Crippen LogP contribution is -2.28. The van der Waals surface area contributed by atoms with Crippen molar-refractivity contribution in [3.05, 3.63) is 41.4 Å². The van der Waals surface area contributed by atoms with E-state index in [0.717, 1.165) is 17.7 Å². The third kappa shape index (κ3) is 3.77. The molecule has 0 aliphatic rings. The van der Waals surface area contributed by atoms with Crippen molar-refractivity contribution >= 4 is 23.3 Å². The van der Waals surface area contributed by atoms with Crippen molar-refractivity contribution in [2.24, 2.45) is 0 Å². The van der Waals surface area contributed by atoms with E-state index in [9.17, 15) is 4.79 Å². The summed E-state index contributed by atoms with van der Waals surface area (Å²) in [6.45, 7) is 7.50. The zero-order chi connectivity index (χ0) is 13.5. The first kappa shape index (κ1) is 14.6. The molecule has 4 heteroatoms. The highest BCUT2D eigenvalue weighted by molar-refractivity contribution is 6.33. The monoisotopic (exact) mass is 267 g/mol. The van der Waals surface area contributed by atoms with E-state index in [0.29, 0.717) is 5.02 Å². The van der Waals surface area contributed by atoms with Crippen LogP contribution in [0, 0.1) is 0 Å². The number of anilines is 1. The predicted octanol–water partition coefficient (Wildman–Crippen LogP) is 3.43. The second-order valence-corrected chi connectivity index (χ2v) is 4.32. The van der Waals surface area contributed by atoms with E-state index in [-0.39, 0.29) is 12.6 Å². The summed E-state index contributed by atoms with van der Waals surface area (Å²) in [7, 11) is 0. The molecule has 1 aromatic carbocycles. The summed E-state index contributed by atoms with van der Waals surface area (Å²) in [5.41, 5.74) is 1.87. The normalized spacial score (nSPS) is 11.7. The molecule has 18 heavy (non-hydrogen) atoms. The highest BCUT2D eigenvalue weighted by Gasteiger charge is 2.16. The Morgan fingerprint density at radius 2 is 2.33 bits per heavy atom. The van der Waals surface area contributed by atoms with Crippen LogP contribution >= 0.6 is 11.6 Å². The molecule has 1 aromatic rings. The highest BCUT2D eigenvalue weighted by atomic mass is 35.5. The van der Waals surface area contributed by atoms with Crippen LogP contribution in [0.2, 0.25) is 5.02 Å². The third-order valence-electron chi connectivity index (χ3n) is 2.54. The molecule has 0 heterocycles. The number of hydrogen-bond donors (Lipinski definition) is 1. The molecule has 0 radical (unpaired) electrons. The average molecular weight is 268 g/mol. The van der Waals surface area contributed by atoms with Gasteiger partial charge in [-0.05, 0) is 25.0 Å². The van der Waals surface area contributed by atoms with Crippen molar-refractivity contribution in [2.75, 3.05) is 11.9 Å².